The van der Waals surface area contributed by atoms with E-state index in [-0.39, 0.29) is 0 Å². The molecule has 0 saturated carbocycles. The average Bonchev–Trinajstić information content (AvgIpc) is 2.30. The normalized spacial score (nSPS) is 14.6. The minimum absolute atomic E-state index is 0.453. The molecule has 0 amide bonds. The minimum atomic E-state index is 0.453. The number of rotatable bonds is 6. The maximum absolute atomic E-state index is 9.94. The Kier molecular flexibility index (Phi) is 5.54. The third-order valence-corrected chi connectivity index (χ3v) is 3.59. The summed E-state index contributed by atoms with van der Waals surface area (Å²) < 4.78 is 0. The van der Waals surface area contributed by atoms with Crippen molar-refractivity contribution < 1.29 is 5.11 Å². The largest absolute Gasteiger partial charge is 0.508 e. The van der Waals surface area contributed by atoms with Gasteiger partial charge in [0.15, 0.2) is 0 Å². The first-order valence-electron chi connectivity index (χ1n) is 6.92. The number of aromatic hydroxyl groups is 1. The first-order chi connectivity index (χ1) is 8.10. The van der Waals surface area contributed by atoms with Crippen LogP contribution in [-0.4, -0.2) is 5.11 Å². The molecule has 0 aliphatic heterocycles. The van der Waals surface area contributed by atoms with E-state index in [1.54, 1.807) is 0 Å². The molecule has 0 spiro atoms. The fourth-order valence-electron chi connectivity index (χ4n) is 2.46. The van der Waals surface area contributed by atoms with Gasteiger partial charge in [-0.1, -0.05) is 52.7 Å². The molecular weight excluding hydrogens is 208 g/mol. The monoisotopic (exact) mass is 234 g/mol. The molecule has 1 nitrogen and oxygen atoms in total. The smallest absolute Gasteiger partial charge is 0.119 e. The van der Waals surface area contributed by atoms with E-state index in [0.29, 0.717) is 17.6 Å². The molecule has 1 N–H and O–H groups in total. The van der Waals surface area contributed by atoms with Crippen LogP contribution in [-0.2, 0) is 0 Å². The molecule has 1 rings (SSSR count). The van der Waals surface area contributed by atoms with Gasteiger partial charge in [0, 0.05) is 0 Å². The van der Waals surface area contributed by atoms with Crippen LogP contribution in [0.2, 0.25) is 0 Å². The van der Waals surface area contributed by atoms with Crippen LogP contribution in [0.5, 0.6) is 5.75 Å². The van der Waals surface area contributed by atoms with E-state index < -0.39 is 0 Å². The summed E-state index contributed by atoms with van der Waals surface area (Å²) in [6.45, 7) is 8.88. The van der Waals surface area contributed by atoms with Crippen LogP contribution in [0.1, 0.15) is 76.3 Å². The Morgan fingerprint density at radius 2 is 1.59 bits per heavy atom. The standard InChI is InChI=1S/C16H26O/c1-5-7-12(3)14-9-10-16(17)15(11-14)13(4)8-6-2/h9-13,17H,5-8H2,1-4H3. The Morgan fingerprint density at radius 3 is 2.18 bits per heavy atom. The first-order valence-corrected chi connectivity index (χ1v) is 6.92. The highest BCUT2D eigenvalue weighted by atomic mass is 16.3. The van der Waals surface area contributed by atoms with E-state index in [1.807, 2.05) is 6.07 Å². The third-order valence-electron chi connectivity index (χ3n) is 3.59. The molecule has 0 radical (unpaired) electrons. The summed E-state index contributed by atoms with van der Waals surface area (Å²) in [5, 5.41) is 9.94. The summed E-state index contributed by atoms with van der Waals surface area (Å²) in [6.07, 6.45) is 4.72. The van der Waals surface area contributed by atoms with Crippen LogP contribution < -0.4 is 0 Å². The molecule has 1 heteroatoms. The van der Waals surface area contributed by atoms with Crippen molar-refractivity contribution in [3.05, 3.63) is 29.3 Å². The molecule has 0 aliphatic carbocycles. The van der Waals surface area contributed by atoms with Gasteiger partial charge < -0.3 is 5.11 Å². The second kappa shape index (κ2) is 6.68. The van der Waals surface area contributed by atoms with Crippen molar-refractivity contribution >= 4 is 0 Å². The van der Waals surface area contributed by atoms with Gasteiger partial charge in [0.25, 0.3) is 0 Å². The number of benzene rings is 1. The summed E-state index contributed by atoms with van der Waals surface area (Å²) in [7, 11) is 0. The summed E-state index contributed by atoms with van der Waals surface area (Å²) in [4.78, 5) is 0. The lowest BCUT2D eigenvalue weighted by Crippen LogP contribution is -1.98. The molecule has 0 fully saturated rings. The van der Waals surface area contributed by atoms with E-state index >= 15 is 0 Å². The maximum Gasteiger partial charge on any atom is 0.119 e. The van der Waals surface area contributed by atoms with Crippen LogP contribution in [0.3, 0.4) is 0 Å². The minimum Gasteiger partial charge on any atom is -0.508 e. The fourth-order valence-corrected chi connectivity index (χ4v) is 2.46. The van der Waals surface area contributed by atoms with Crippen molar-refractivity contribution in [2.24, 2.45) is 0 Å². The van der Waals surface area contributed by atoms with Crippen molar-refractivity contribution in [2.45, 2.75) is 65.2 Å². The second-order valence-electron chi connectivity index (χ2n) is 5.20. The van der Waals surface area contributed by atoms with Crippen LogP contribution in [0, 0.1) is 0 Å². The summed E-state index contributed by atoms with van der Waals surface area (Å²) in [6, 6.07) is 6.14. The molecule has 2 unspecified atom stereocenters. The zero-order valence-corrected chi connectivity index (χ0v) is 11.7. The van der Waals surface area contributed by atoms with Crippen molar-refractivity contribution in [2.75, 3.05) is 0 Å². The predicted molar refractivity (Wildman–Crippen MR) is 74.8 cm³/mol. The van der Waals surface area contributed by atoms with Crippen LogP contribution in [0.4, 0.5) is 0 Å². The summed E-state index contributed by atoms with van der Waals surface area (Å²) >= 11 is 0. The van der Waals surface area contributed by atoms with Gasteiger partial charge in [-0.05, 0) is 41.9 Å². The SMILES string of the molecule is CCCC(C)c1ccc(O)c(C(C)CCC)c1. The number of phenols is 1. The third kappa shape index (κ3) is 3.76. The highest BCUT2D eigenvalue weighted by Gasteiger charge is 2.12. The van der Waals surface area contributed by atoms with Gasteiger partial charge >= 0.3 is 0 Å². The van der Waals surface area contributed by atoms with Gasteiger partial charge in [-0.2, -0.15) is 0 Å². The molecule has 1 aromatic rings. The Hall–Kier alpha value is -0.980. The highest BCUT2D eigenvalue weighted by Crippen LogP contribution is 2.32. The number of phenolic OH excluding ortho intramolecular Hbond substituents is 1. The molecule has 0 bridgehead atoms. The summed E-state index contributed by atoms with van der Waals surface area (Å²) in [5.74, 6) is 1.50. The molecule has 0 saturated heterocycles. The lowest BCUT2D eigenvalue weighted by molar-refractivity contribution is 0.459. The molecule has 0 aliphatic rings. The van der Waals surface area contributed by atoms with E-state index in [4.69, 9.17) is 0 Å². The maximum atomic E-state index is 9.94. The molecule has 0 aromatic heterocycles. The van der Waals surface area contributed by atoms with Gasteiger partial charge in [-0.15, -0.1) is 0 Å². The zero-order valence-electron chi connectivity index (χ0n) is 11.7. The lowest BCUT2D eigenvalue weighted by Gasteiger charge is -2.17. The van der Waals surface area contributed by atoms with Gasteiger partial charge in [0.1, 0.15) is 5.75 Å². The highest BCUT2D eigenvalue weighted by molar-refractivity contribution is 5.39. The predicted octanol–water partition coefficient (Wildman–Crippen LogP) is 5.20. The van der Waals surface area contributed by atoms with Crippen molar-refractivity contribution in [1.82, 2.24) is 0 Å². The van der Waals surface area contributed by atoms with Gasteiger partial charge in [0.2, 0.25) is 0 Å². The van der Waals surface area contributed by atoms with E-state index in [9.17, 15) is 5.11 Å². The zero-order chi connectivity index (χ0) is 12.8. The molecule has 0 heterocycles. The molecule has 1 aromatic carbocycles. The molecule has 17 heavy (non-hydrogen) atoms. The quantitative estimate of drug-likeness (QED) is 0.717. The van der Waals surface area contributed by atoms with E-state index in [2.05, 4.69) is 39.8 Å². The van der Waals surface area contributed by atoms with Gasteiger partial charge in [0.05, 0.1) is 0 Å². The van der Waals surface area contributed by atoms with Crippen molar-refractivity contribution in [3.63, 3.8) is 0 Å². The van der Waals surface area contributed by atoms with Crippen LogP contribution in [0.15, 0.2) is 18.2 Å². The van der Waals surface area contributed by atoms with E-state index in [1.165, 1.54) is 18.4 Å². The number of hydrogen-bond acceptors (Lipinski definition) is 1. The lowest BCUT2D eigenvalue weighted by atomic mass is 9.89. The van der Waals surface area contributed by atoms with Crippen LogP contribution >= 0.6 is 0 Å². The number of hydrogen-bond donors (Lipinski definition) is 1. The van der Waals surface area contributed by atoms with Gasteiger partial charge in [-0.3, -0.25) is 0 Å². The molecule has 96 valence electrons. The van der Waals surface area contributed by atoms with Crippen LogP contribution in [0.25, 0.3) is 0 Å². The fraction of sp³-hybridized carbons (Fsp3) is 0.625. The van der Waals surface area contributed by atoms with Gasteiger partial charge in [-0.25, -0.2) is 0 Å². The van der Waals surface area contributed by atoms with Crippen molar-refractivity contribution in [1.29, 1.82) is 0 Å². The molecular formula is C16H26O. The topological polar surface area (TPSA) is 20.2 Å². The Balaban J connectivity index is 2.93. The first kappa shape index (κ1) is 14.1. The molecule has 2 atom stereocenters. The Morgan fingerprint density at radius 1 is 1.00 bits per heavy atom. The summed E-state index contributed by atoms with van der Waals surface area (Å²) in [5.41, 5.74) is 2.48. The Labute approximate surface area is 106 Å². The van der Waals surface area contributed by atoms with E-state index in [0.717, 1.165) is 18.4 Å². The Bertz CT molecular complexity index is 343. The second-order valence-corrected chi connectivity index (χ2v) is 5.20. The van der Waals surface area contributed by atoms with Crippen molar-refractivity contribution in [3.8, 4) is 5.75 Å². The average molecular weight is 234 g/mol.